The first-order chi connectivity index (χ1) is 49.7. The number of hydrogen-bond acceptors (Lipinski definition) is 3. The third kappa shape index (κ3) is 22.0. The van der Waals surface area contributed by atoms with E-state index in [1.165, 1.54) is 109 Å². The van der Waals surface area contributed by atoms with Gasteiger partial charge < -0.3 is 14.2 Å². The Morgan fingerprint density at radius 3 is 0.660 bits per heavy atom. The molecular formula is C100H125F3O3. The summed E-state index contributed by atoms with van der Waals surface area (Å²) in [6.45, 7) is 57.7. The summed E-state index contributed by atoms with van der Waals surface area (Å²) < 4.78 is 59.8. The second kappa shape index (κ2) is 36.8. The van der Waals surface area contributed by atoms with Crippen LogP contribution in [-0.4, -0.2) is 6.18 Å². The van der Waals surface area contributed by atoms with Crippen LogP contribution in [0.3, 0.4) is 0 Å². The summed E-state index contributed by atoms with van der Waals surface area (Å²) in [5, 5.41) is 0. The number of hydrogen-bond donors (Lipinski definition) is 0. The molecule has 0 aromatic heterocycles. The molecule has 2 fully saturated rings. The van der Waals surface area contributed by atoms with Crippen LogP contribution in [-0.2, 0) is 10.8 Å². The SMILES string of the molecule is CC1C(C)C(C)C1C.CC1CC(C)C(C)CC1C.Cc1ccc(-c2ccc(C)c(C)c2)cc1C.Cc1ccc(C(C)(c2ccc(C)c(C)c2)C(F)(F)F)cc1C.Cc1ccc(Oc2ccc(C(C)(C)c3ccc(Oc4ccc(C)c(C)c4)cc3)cc2)cc1C.Cc1ccc(Oc2ccc(C)c(C)c2)cc1C. The van der Waals surface area contributed by atoms with Crippen molar-refractivity contribution in [1.29, 1.82) is 0 Å². The normalized spacial score (nSPS) is 18.2. The van der Waals surface area contributed by atoms with Crippen LogP contribution in [0.25, 0.3) is 11.1 Å². The van der Waals surface area contributed by atoms with E-state index >= 15 is 0 Å². The fourth-order valence-corrected chi connectivity index (χ4v) is 13.9. The van der Waals surface area contributed by atoms with Crippen LogP contribution in [0, 0.1) is 158 Å². The van der Waals surface area contributed by atoms with E-state index in [1.54, 1.807) is 36.4 Å². The predicted molar refractivity (Wildman–Crippen MR) is 447 cm³/mol. The van der Waals surface area contributed by atoms with Crippen molar-refractivity contribution in [3.05, 3.63) is 305 Å². The van der Waals surface area contributed by atoms with Crippen molar-refractivity contribution in [3.63, 3.8) is 0 Å². The van der Waals surface area contributed by atoms with Crippen LogP contribution >= 0.6 is 0 Å². The van der Waals surface area contributed by atoms with Gasteiger partial charge in [-0.1, -0.05) is 191 Å². The molecule has 0 spiro atoms. The molecule has 0 radical (unpaired) electrons. The zero-order valence-corrected chi connectivity index (χ0v) is 69.4. The second-order valence-electron chi connectivity index (χ2n) is 32.6. The molecule has 0 amide bonds. The first kappa shape index (κ1) is 84.6. The van der Waals surface area contributed by atoms with Crippen molar-refractivity contribution in [2.45, 2.75) is 217 Å². The van der Waals surface area contributed by atoms with E-state index in [9.17, 15) is 13.2 Å². The molecule has 0 bridgehead atoms. The van der Waals surface area contributed by atoms with Gasteiger partial charge in [-0.2, -0.15) is 13.2 Å². The summed E-state index contributed by atoms with van der Waals surface area (Å²) in [6.07, 6.45) is -1.47. The molecule has 2 aliphatic rings. The van der Waals surface area contributed by atoms with E-state index in [0.29, 0.717) is 0 Å². The molecule has 0 aliphatic heterocycles. The lowest BCUT2D eigenvalue weighted by Gasteiger charge is -2.45. The van der Waals surface area contributed by atoms with Crippen LogP contribution in [0.2, 0.25) is 0 Å². The molecule has 0 heterocycles. The number of alkyl halides is 3. The minimum atomic E-state index is -4.36. The Bertz CT molecular complexity index is 4220. The van der Waals surface area contributed by atoms with Crippen molar-refractivity contribution in [3.8, 4) is 45.6 Å². The maximum atomic E-state index is 13.9. The Labute approximate surface area is 638 Å². The zero-order chi connectivity index (χ0) is 78.4. The quantitative estimate of drug-likeness (QED) is 0.129. The van der Waals surface area contributed by atoms with Crippen LogP contribution in [0.15, 0.2) is 194 Å². The molecule has 0 N–H and O–H groups in total. The molecule has 10 aromatic rings. The zero-order valence-electron chi connectivity index (χ0n) is 69.4. The topological polar surface area (TPSA) is 27.7 Å². The van der Waals surface area contributed by atoms with Gasteiger partial charge in [-0.3, -0.25) is 0 Å². The molecule has 12 rings (SSSR count). The highest BCUT2D eigenvalue weighted by molar-refractivity contribution is 5.66. The van der Waals surface area contributed by atoms with Gasteiger partial charge in [-0.25, -0.2) is 0 Å². The van der Waals surface area contributed by atoms with Gasteiger partial charge in [0.1, 0.15) is 39.9 Å². The number of rotatable bonds is 11. The van der Waals surface area contributed by atoms with Gasteiger partial charge in [0.05, 0.1) is 0 Å². The van der Waals surface area contributed by atoms with E-state index in [4.69, 9.17) is 14.2 Å². The molecular weight excluding hydrogens is 1310 g/mol. The molecule has 10 aromatic carbocycles. The summed E-state index contributed by atoms with van der Waals surface area (Å²) in [7, 11) is 0. The molecule has 0 saturated heterocycles. The van der Waals surface area contributed by atoms with E-state index < -0.39 is 11.6 Å². The van der Waals surface area contributed by atoms with Gasteiger partial charge >= 0.3 is 6.18 Å². The standard InChI is InChI=1S/C31H32O2.C19H21F3.C16H18O.C16H18.C10H20.C8H16/c1-21-7-13-29(19-23(21)3)32-27-15-9-25(10-16-27)31(5,6)26-11-17-28(18-12-26)33-30-14-8-22(2)24(4)20-30;1-12-6-8-16(10-14(12)3)18(5,19(20,21)22)17-9-7-13(2)15(4)11-17;1-11-5-7-15(9-13(11)3)17-16-8-6-12(2)14(4)10-16;1-11-5-7-15(9-13(11)3)16-8-6-12(2)14(4)10-16;1-7-5-9(3)10(4)6-8(7)2;1-5-6(2)8(4)7(5)3/h7-20H,1-6H3;6-11H,1-5H3;5-10H,1-4H3;5-10H,1-4H3;7-10H,5-6H2,1-4H3;5-8H,1-4H3. The lowest BCUT2D eigenvalue weighted by atomic mass is 9.60. The summed E-state index contributed by atoms with van der Waals surface area (Å²) in [5.41, 5.74) is 22.8. The number of ether oxygens (including phenoxy) is 3. The first-order valence-electron chi connectivity index (χ1n) is 38.6. The maximum absolute atomic E-state index is 13.9. The van der Waals surface area contributed by atoms with E-state index in [2.05, 4.69) is 262 Å². The molecule has 4 atom stereocenters. The van der Waals surface area contributed by atoms with E-state index in [0.717, 1.165) is 104 Å². The van der Waals surface area contributed by atoms with Crippen LogP contribution in [0.5, 0.6) is 34.5 Å². The summed E-state index contributed by atoms with van der Waals surface area (Å²) in [4.78, 5) is 0. The molecule has 2 aliphatic carbocycles. The van der Waals surface area contributed by atoms with E-state index in [-0.39, 0.29) is 16.5 Å². The number of halogens is 3. The van der Waals surface area contributed by atoms with E-state index in [1.807, 2.05) is 76.2 Å². The van der Waals surface area contributed by atoms with Crippen molar-refractivity contribution < 1.29 is 27.4 Å². The van der Waals surface area contributed by atoms with Gasteiger partial charge in [0.2, 0.25) is 0 Å². The smallest absolute Gasteiger partial charge is 0.402 e. The third-order valence-electron chi connectivity index (χ3n) is 24.6. The summed E-state index contributed by atoms with van der Waals surface area (Å²) in [5.74, 6) is 13.0. The fourth-order valence-electron chi connectivity index (χ4n) is 13.9. The van der Waals surface area contributed by atoms with Crippen LogP contribution in [0.1, 0.15) is 200 Å². The summed E-state index contributed by atoms with van der Waals surface area (Å²) in [6, 6.07) is 64.8. The monoisotopic (exact) mass is 1430 g/mol. The second-order valence-corrected chi connectivity index (χ2v) is 32.6. The van der Waals surface area contributed by atoms with Crippen molar-refractivity contribution >= 4 is 0 Å². The van der Waals surface area contributed by atoms with Crippen LogP contribution < -0.4 is 14.2 Å². The number of aryl methyl sites for hydroxylation is 16. The lowest BCUT2D eigenvalue weighted by molar-refractivity contribution is -0.173. The van der Waals surface area contributed by atoms with Crippen molar-refractivity contribution in [1.82, 2.24) is 0 Å². The Balaban J connectivity index is 0.000000188. The Morgan fingerprint density at radius 1 is 0.236 bits per heavy atom. The number of benzene rings is 10. The highest BCUT2D eigenvalue weighted by Crippen LogP contribution is 2.48. The minimum Gasteiger partial charge on any atom is -0.457 e. The van der Waals surface area contributed by atoms with Gasteiger partial charge in [0.15, 0.2) is 0 Å². The average Bonchev–Trinajstić information content (AvgIpc) is 0.748. The van der Waals surface area contributed by atoms with Gasteiger partial charge in [0.25, 0.3) is 0 Å². The molecule has 6 heteroatoms. The minimum absolute atomic E-state index is 0.141. The predicted octanol–water partition coefficient (Wildman–Crippen LogP) is 29.8. The van der Waals surface area contributed by atoms with Gasteiger partial charge in [-0.05, 0) is 373 Å². The van der Waals surface area contributed by atoms with Crippen molar-refractivity contribution in [2.75, 3.05) is 0 Å². The Morgan fingerprint density at radius 2 is 0.434 bits per heavy atom. The molecule has 2 saturated carbocycles. The lowest BCUT2D eigenvalue weighted by Crippen LogP contribution is -2.40. The molecule has 3 nitrogen and oxygen atoms in total. The highest BCUT2D eigenvalue weighted by atomic mass is 19.4. The van der Waals surface area contributed by atoms with Crippen LogP contribution in [0.4, 0.5) is 13.2 Å². The highest BCUT2D eigenvalue weighted by Gasteiger charge is 2.53. The molecule has 4 unspecified atom stereocenters. The maximum Gasteiger partial charge on any atom is 0.402 e. The van der Waals surface area contributed by atoms with Gasteiger partial charge in [-0.15, -0.1) is 0 Å². The first-order valence-corrected chi connectivity index (χ1v) is 38.6. The fraction of sp³-hybridized carbons (Fsp3) is 0.400. The Hall–Kier alpha value is -8.61. The van der Waals surface area contributed by atoms with Gasteiger partial charge in [0, 0.05) is 5.41 Å². The molecule has 564 valence electrons. The largest absolute Gasteiger partial charge is 0.457 e. The Kier molecular flexibility index (Phi) is 29.4. The van der Waals surface area contributed by atoms with Crippen molar-refractivity contribution in [2.24, 2.45) is 47.3 Å². The third-order valence-corrected chi connectivity index (χ3v) is 24.6. The average molecular weight is 1430 g/mol. The molecule has 106 heavy (non-hydrogen) atoms. The summed E-state index contributed by atoms with van der Waals surface area (Å²) >= 11 is 0.